The normalized spacial score (nSPS) is 19.5. The van der Waals surface area contributed by atoms with Gasteiger partial charge >= 0.3 is 6.18 Å². The number of nitrogens with zero attached hydrogens (tertiary/aromatic N) is 2. The minimum Gasteiger partial charge on any atom is -0.316 e. The monoisotopic (exact) mass is 311 g/mol. The number of para-hydroxylation sites is 1. The van der Waals surface area contributed by atoms with E-state index in [1.807, 2.05) is 0 Å². The smallest absolute Gasteiger partial charge is 0.316 e. The molecule has 7 heteroatoms. The highest BCUT2D eigenvalue weighted by Crippen LogP contribution is 2.32. The summed E-state index contributed by atoms with van der Waals surface area (Å²) in [6.45, 7) is 2.26. The van der Waals surface area contributed by atoms with Gasteiger partial charge in [0.1, 0.15) is 0 Å². The number of benzene rings is 1. The van der Waals surface area contributed by atoms with Gasteiger partial charge in [0.25, 0.3) is 5.56 Å². The lowest BCUT2D eigenvalue weighted by molar-refractivity contribution is -0.136. The average Bonchev–Trinajstić information content (AvgIpc) is 2.50. The van der Waals surface area contributed by atoms with Gasteiger partial charge in [0, 0.05) is 6.54 Å². The van der Waals surface area contributed by atoms with Crippen LogP contribution in [0.2, 0.25) is 0 Å². The lowest BCUT2D eigenvalue weighted by Gasteiger charge is -2.23. The molecular weight excluding hydrogens is 295 g/mol. The van der Waals surface area contributed by atoms with Crippen LogP contribution in [0.25, 0.3) is 10.9 Å². The zero-order valence-corrected chi connectivity index (χ0v) is 11.9. The molecule has 1 aromatic carbocycles. The number of rotatable bonds is 2. The molecule has 0 spiro atoms. The molecule has 1 N–H and O–H groups in total. The molecule has 1 unspecified atom stereocenters. The van der Waals surface area contributed by atoms with Gasteiger partial charge in [0.05, 0.1) is 22.8 Å². The second-order valence-electron chi connectivity index (χ2n) is 5.61. The van der Waals surface area contributed by atoms with Crippen molar-refractivity contribution in [3.63, 3.8) is 0 Å². The van der Waals surface area contributed by atoms with Gasteiger partial charge in [0.2, 0.25) is 0 Å². The molecule has 3 rings (SSSR count). The average molecular weight is 311 g/mol. The first-order chi connectivity index (χ1) is 10.5. The van der Waals surface area contributed by atoms with E-state index in [0.717, 1.165) is 32.0 Å². The van der Waals surface area contributed by atoms with Crippen molar-refractivity contribution in [3.8, 4) is 0 Å². The molecular formula is C15H16F3N3O. The zero-order chi connectivity index (χ0) is 15.7. The largest absolute Gasteiger partial charge is 0.418 e. The number of nitrogens with one attached hydrogen (secondary N) is 1. The SMILES string of the molecule is O=c1c2cccc(C(F)(F)F)c2ncn1CC1CCCNC1. The Morgan fingerprint density at radius 3 is 2.86 bits per heavy atom. The van der Waals surface area contributed by atoms with E-state index in [1.54, 1.807) is 0 Å². The van der Waals surface area contributed by atoms with Crippen molar-refractivity contribution in [1.82, 2.24) is 14.9 Å². The van der Waals surface area contributed by atoms with Crippen LogP contribution in [0, 0.1) is 5.92 Å². The Bertz CT molecular complexity index is 733. The summed E-state index contributed by atoms with van der Waals surface area (Å²) in [6, 6.07) is 3.60. The number of fused-ring (bicyclic) bond motifs is 1. The van der Waals surface area contributed by atoms with E-state index >= 15 is 0 Å². The molecule has 0 aliphatic carbocycles. The third-order valence-corrected chi connectivity index (χ3v) is 4.01. The van der Waals surface area contributed by atoms with Gasteiger partial charge in [-0.25, -0.2) is 4.98 Å². The Morgan fingerprint density at radius 2 is 2.18 bits per heavy atom. The molecule has 2 heterocycles. The van der Waals surface area contributed by atoms with Crippen molar-refractivity contribution in [2.45, 2.75) is 25.6 Å². The fourth-order valence-corrected chi connectivity index (χ4v) is 2.91. The maximum atomic E-state index is 13.0. The molecule has 0 amide bonds. The first-order valence-corrected chi connectivity index (χ1v) is 7.23. The number of hydrogen-bond donors (Lipinski definition) is 1. The van der Waals surface area contributed by atoms with Crippen LogP contribution in [0.1, 0.15) is 18.4 Å². The lowest BCUT2D eigenvalue weighted by atomic mass is 9.99. The number of halogens is 3. The van der Waals surface area contributed by atoms with E-state index in [2.05, 4.69) is 10.3 Å². The summed E-state index contributed by atoms with van der Waals surface area (Å²) in [5, 5.41) is 3.27. The minimum absolute atomic E-state index is 0.0149. The summed E-state index contributed by atoms with van der Waals surface area (Å²) < 4.78 is 40.3. The van der Waals surface area contributed by atoms with Gasteiger partial charge in [-0.05, 0) is 44.0 Å². The van der Waals surface area contributed by atoms with E-state index in [4.69, 9.17) is 0 Å². The predicted molar refractivity (Wildman–Crippen MR) is 76.6 cm³/mol. The zero-order valence-electron chi connectivity index (χ0n) is 11.9. The molecule has 1 aliphatic heterocycles. The maximum absolute atomic E-state index is 13.0. The summed E-state index contributed by atoms with van der Waals surface area (Å²) in [4.78, 5) is 16.3. The van der Waals surface area contributed by atoms with E-state index in [0.29, 0.717) is 12.5 Å². The fraction of sp³-hybridized carbons (Fsp3) is 0.467. The third-order valence-electron chi connectivity index (χ3n) is 4.01. The molecule has 1 atom stereocenters. The fourth-order valence-electron chi connectivity index (χ4n) is 2.91. The first-order valence-electron chi connectivity index (χ1n) is 7.23. The van der Waals surface area contributed by atoms with Crippen molar-refractivity contribution in [3.05, 3.63) is 40.4 Å². The van der Waals surface area contributed by atoms with Gasteiger partial charge in [-0.1, -0.05) is 6.07 Å². The highest BCUT2D eigenvalue weighted by Gasteiger charge is 2.33. The number of piperidine rings is 1. The Morgan fingerprint density at radius 1 is 1.36 bits per heavy atom. The quantitative estimate of drug-likeness (QED) is 0.926. The summed E-state index contributed by atoms with van der Waals surface area (Å²) in [5.74, 6) is 0.302. The Balaban J connectivity index is 2.01. The molecule has 118 valence electrons. The van der Waals surface area contributed by atoms with Crippen LogP contribution in [0.5, 0.6) is 0 Å². The van der Waals surface area contributed by atoms with Crippen LogP contribution in [0.15, 0.2) is 29.3 Å². The molecule has 1 aromatic heterocycles. The molecule has 22 heavy (non-hydrogen) atoms. The Labute approximate surface area is 125 Å². The molecule has 1 aliphatic rings. The highest BCUT2D eigenvalue weighted by atomic mass is 19.4. The van der Waals surface area contributed by atoms with Crippen molar-refractivity contribution < 1.29 is 13.2 Å². The maximum Gasteiger partial charge on any atom is 0.418 e. The summed E-state index contributed by atoms with van der Waals surface area (Å²) in [7, 11) is 0. The van der Waals surface area contributed by atoms with Crippen LogP contribution in [0.4, 0.5) is 13.2 Å². The molecule has 0 saturated carbocycles. The van der Waals surface area contributed by atoms with E-state index in [9.17, 15) is 18.0 Å². The van der Waals surface area contributed by atoms with Crippen molar-refractivity contribution in [1.29, 1.82) is 0 Å². The molecule has 2 aromatic rings. The van der Waals surface area contributed by atoms with Gasteiger partial charge in [-0.2, -0.15) is 13.2 Å². The molecule has 1 fully saturated rings. The van der Waals surface area contributed by atoms with Crippen LogP contribution in [0.3, 0.4) is 0 Å². The van der Waals surface area contributed by atoms with Crippen molar-refractivity contribution >= 4 is 10.9 Å². The van der Waals surface area contributed by atoms with Gasteiger partial charge in [-0.3, -0.25) is 9.36 Å². The molecule has 4 nitrogen and oxygen atoms in total. The topological polar surface area (TPSA) is 46.9 Å². The Hall–Kier alpha value is -1.89. The van der Waals surface area contributed by atoms with Crippen LogP contribution >= 0.6 is 0 Å². The van der Waals surface area contributed by atoms with Crippen LogP contribution in [-0.4, -0.2) is 22.6 Å². The molecule has 0 radical (unpaired) electrons. The second-order valence-corrected chi connectivity index (χ2v) is 5.61. The first kappa shape index (κ1) is 15.0. The Kier molecular flexibility index (Phi) is 3.90. The predicted octanol–water partition coefficient (Wildman–Crippen LogP) is 2.41. The highest BCUT2D eigenvalue weighted by molar-refractivity contribution is 5.81. The van der Waals surface area contributed by atoms with E-state index in [-0.39, 0.29) is 10.9 Å². The summed E-state index contributed by atoms with van der Waals surface area (Å²) in [6.07, 6.45) is -1.24. The van der Waals surface area contributed by atoms with Crippen LogP contribution < -0.4 is 10.9 Å². The lowest BCUT2D eigenvalue weighted by Crippen LogP contribution is -2.34. The molecule has 1 saturated heterocycles. The van der Waals surface area contributed by atoms with Crippen LogP contribution in [-0.2, 0) is 12.7 Å². The minimum atomic E-state index is -4.52. The van der Waals surface area contributed by atoms with Gasteiger partial charge in [-0.15, -0.1) is 0 Å². The van der Waals surface area contributed by atoms with Gasteiger partial charge < -0.3 is 5.32 Å². The number of alkyl halides is 3. The van der Waals surface area contributed by atoms with E-state index in [1.165, 1.54) is 23.0 Å². The second kappa shape index (κ2) is 5.72. The summed E-state index contributed by atoms with van der Waals surface area (Å²) in [5.41, 5.74) is -1.56. The third kappa shape index (κ3) is 2.85. The van der Waals surface area contributed by atoms with E-state index < -0.39 is 17.3 Å². The van der Waals surface area contributed by atoms with Crippen molar-refractivity contribution in [2.75, 3.05) is 13.1 Å². The molecule has 0 bridgehead atoms. The number of aromatic nitrogens is 2. The summed E-state index contributed by atoms with van der Waals surface area (Å²) >= 11 is 0. The van der Waals surface area contributed by atoms with Gasteiger partial charge in [0.15, 0.2) is 0 Å². The number of hydrogen-bond acceptors (Lipinski definition) is 3. The standard InChI is InChI=1S/C15H16F3N3O/c16-15(17,18)12-5-1-4-11-13(12)20-9-21(14(11)22)8-10-3-2-6-19-7-10/h1,4-5,9-10,19H,2-3,6-8H2. The van der Waals surface area contributed by atoms with Crippen molar-refractivity contribution in [2.24, 2.45) is 5.92 Å².